The van der Waals surface area contributed by atoms with E-state index in [4.69, 9.17) is 4.74 Å². The van der Waals surface area contributed by atoms with Gasteiger partial charge < -0.3 is 9.64 Å². The number of esters is 1. The first-order valence-corrected chi connectivity index (χ1v) is 9.58. The number of carbonyl (C=O) groups excluding carboxylic acids is 2. The zero-order chi connectivity index (χ0) is 18.9. The highest BCUT2D eigenvalue weighted by atomic mass is 32.2. The maximum Gasteiger partial charge on any atom is 0.310 e. The van der Waals surface area contributed by atoms with Crippen molar-refractivity contribution in [3.8, 4) is 0 Å². The summed E-state index contributed by atoms with van der Waals surface area (Å²) in [7, 11) is 1.37. The van der Waals surface area contributed by atoms with Crippen molar-refractivity contribution in [1.29, 1.82) is 0 Å². The number of rotatable bonds is 8. The fraction of sp³-hybridized carbons (Fsp3) is 0.333. The van der Waals surface area contributed by atoms with Crippen LogP contribution >= 0.6 is 11.8 Å². The van der Waals surface area contributed by atoms with Crippen molar-refractivity contribution in [2.24, 2.45) is 5.92 Å². The summed E-state index contributed by atoms with van der Waals surface area (Å²) in [5.41, 5.74) is 0.954. The van der Waals surface area contributed by atoms with E-state index in [0.29, 0.717) is 13.1 Å². The van der Waals surface area contributed by atoms with Crippen molar-refractivity contribution in [2.45, 2.75) is 24.0 Å². The fourth-order valence-corrected chi connectivity index (χ4v) is 3.80. The van der Waals surface area contributed by atoms with Crippen LogP contribution in [0.3, 0.4) is 0 Å². The van der Waals surface area contributed by atoms with Gasteiger partial charge in [-0.25, -0.2) is 0 Å². The third kappa shape index (κ3) is 5.36. The minimum absolute atomic E-state index is 0.00306. The van der Waals surface area contributed by atoms with Crippen LogP contribution in [0.5, 0.6) is 0 Å². The molecule has 4 nitrogen and oxygen atoms in total. The molecule has 138 valence electrons. The highest BCUT2D eigenvalue weighted by Gasteiger charge is 2.28. The molecule has 2 rings (SSSR count). The Morgan fingerprint density at radius 1 is 1.04 bits per heavy atom. The number of methoxy groups -OCH3 is 1. The normalized spacial score (nSPS) is 12.9. The lowest BCUT2D eigenvalue weighted by molar-refractivity contribution is -0.146. The van der Waals surface area contributed by atoms with Crippen LogP contribution in [0.1, 0.15) is 24.7 Å². The number of hydrogen-bond acceptors (Lipinski definition) is 4. The van der Waals surface area contributed by atoms with Crippen molar-refractivity contribution in [2.75, 3.05) is 20.2 Å². The Hall–Kier alpha value is -2.27. The minimum atomic E-state index is -0.359. The molecule has 26 heavy (non-hydrogen) atoms. The molecule has 5 heteroatoms. The first-order valence-electron chi connectivity index (χ1n) is 8.70. The Bertz CT molecular complexity index is 706. The molecule has 0 saturated carbocycles. The molecule has 1 amide bonds. The molecule has 2 unspecified atom stereocenters. The molecule has 0 bridgehead atoms. The molecule has 0 aliphatic rings. The molecule has 2 aromatic rings. The van der Waals surface area contributed by atoms with Crippen LogP contribution < -0.4 is 0 Å². The Labute approximate surface area is 159 Å². The van der Waals surface area contributed by atoms with E-state index < -0.39 is 0 Å². The van der Waals surface area contributed by atoms with E-state index in [0.717, 1.165) is 10.5 Å². The lowest BCUT2D eigenvalue weighted by atomic mass is 10.1. The van der Waals surface area contributed by atoms with Gasteiger partial charge in [-0.2, -0.15) is 0 Å². The van der Waals surface area contributed by atoms with Crippen LogP contribution in [0, 0.1) is 5.92 Å². The molecule has 0 saturated heterocycles. The number of amides is 1. The van der Waals surface area contributed by atoms with E-state index in [-0.39, 0.29) is 23.0 Å². The molecule has 0 N–H and O–H groups in total. The third-order valence-corrected chi connectivity index (χ3v) is 5.37. The van der Waals surface area contributed by atoms with Crippen molar-refractivity contribution in [3.05, 3.63) is 66.2 Å². The van der Waals surface area contributed by atoms with Crippen LogP contribution in [0.15, 0.2) is 65.6 Å². The summed E-state index contributed by atoms with van der Waals surface area (Å²) in [6, 6.07) is 19.6. The first-order chi connectivity index (χ1) is 12.6. The number of likely N-dealkylation sites (N-methyl/N-ethyl adjacent to an activating group) is 1. The second-order valence-corrected chi connectivity index (χ2v) is 7.20. The zero-order valence-electron chi connectivity index (χ0n) is 15.4. The predicted molar refractivity (Wildman–Crippen MR) is 105 cm³/mol. The van der Waals surface area contributed by atoms with Crippen molar-refractivity contribution < 1.29 is 14.3 Å². The summed E-state index contributed by atoms with van der Waals surface area (Å²) in [6.45, 7) is 4.60. The predicted octanol–water partition coefficient (Wildman–Crippen LogP) is 4.18. The second kappa shape index (κ2) is 10.0. The van der Waals surface area contributed by atoms with Crippen molar-refractivity contribution in [1.82, 2.24) is 4.90 Å². The number of hydrogen-bond donors (Lipinski definition) is 0. The molecule has 0 spiro atoms. The maximum atomic E-state index is 13.3. The molecular formula is C21H25NO3S. The van der Waals surface area contributed by atoms with Gasteiger partial charge in [0.05, 0.1) is 13.0 Å². The average Bonchev–Trinajstić information content (AvgIpc) is 2.70. The maximum absolute atomic E-state index is 13.3. The van der Waals surface area contributed by atoms with E-state index in [1.165, 1.54) is 18.9 Å². The van der Waals surface area contributed by atoms with Gasteiger partial charge in [0.1, 0.15) is 5.25 Å². The summed E-state index contributed by atoms with van der Waals surface area (Å²) in [6.07, 6.45) is 0. The number of nitrogens with zero attached hydrogens (tertiary/aromatic N) is 1. The Morgan fingerprint density at radius 2 is 1.62 bits per heavy atom. The topological polar surface area (TPSA) is 46.6 Å². The van der Waals surface area contributed by atoms with Crippen LogP contribution in [0.4, 0.5) is 0 Å². The van der Waals surface area contributed by atoms with E-state index >= 15 is 0 Å². The van der Waals surface area contributed by atoms with Gasteiger partial charge >= 0.3 is 5.97 Å². The van der Waals surface area contributed by atoms with Gasteiger partial charge in [0.2, 0.25) is 5.91 Å². The van der Waals surface area contributed by atoms with Gasteiger partial charge in [0, 0.05) is 18.0 Å². The highest BCUT2D eigenvalue weighted by molar-refractivity contribution is 8.00. The molecular weight excluding hydrogens is 346 g/mol. The van der Waals surface area contributed by atoms with Gasteiger partial charge in [-0.3, -0.25) is 9.59 Å². The molecule has 0 fully saturated rings. The fourth-order valence-electron chi connectivity index (χ4n) is 2.67. The average molecular weight is 372 g/mol. The van der Waals surface area contributed by atoms with Gasteiger partial charge in [-0.15, -0.1) is 11.8 Å². The van der Waals surface area contributed by atoms with Crippen LogP contribution in [0.2, 0.25) is 0 Å². The number of benzene rings is 2. The number of ether oxygens (including phenoxy) is 1. The van der Waals surface area contributed by atoms with Gasteiger partial charge in [0.25, 0.3) is 0 Å². The van der Waals surface area contributed by atoms with E-state index in [1.807, 2.05) is 67.6 Å². The molecule has 2 aromatic carbocycles. The number of carbonyl (C=O) groups is 2. The minimum Gasteiger partial charge on any atom is -0.469 e. The summed E-state index contributed by atoms with van der Waals surface area (Å²) in [5, 5.41) is -0.358. The number of thioether (sulfide) groups is 1. The summed E-state index contributed by atoms with van der Waals surface area (Å²) < 4.78 is 4.80. The molecule has 0 aliphatic heterocycles. The van der Waals surface area contributed by atoms with E-state index in [1.54, 1.807) is 11.8 Å². The van der Waals surface area contributed by atoms with Gasteiger partial charge in [-0.05, 0) is 24.6 Å². The molecule has 0 aromatic heterocycles. The SMILES string of the molecule is CCN(CC(C)C(=O)OC)C(=O)C(Sc1ccccc1)c1ccccc1. The summed E-state index contributed by atoms with van der Waals surface area (Å²) in [4.78, 5) is 27.8. The quantitative estimate of drug-likeness (QED) is 0.516. The van der Waals surface area contributed by atoms with Crippen molar-refractivity contribution >= 4 is 23.6 Å². The molecule has 0 radical (unpaired) electrons. The van der Waals surface area contributed by atoms with Crippen LogP contribution in [-0.2, 0) is 14.3 Å². The Kier molecular flexibility index (Phi) is 7.73. The Morgan fingerprint density at radius 3 is 2.15 bits per heavy atom. The van der Waals surface area contributed by atoms with Crippen LogP contribution in [0.25, 0.3) is 0 Å². The summed E-state index contributed by atoms with van der Waals surface area (Å²) in [5.74, 6) is -0.659. The van der Waals surface area contributed by atoms with E-state index in [9.17, 15) is 9.59 Å². The second-order valence-electron chi connectivity index (χ2n) is 6.02. The molecule has 2 atom stereocenters. The molecule has 0 heterocycles. The van der Waals surface area contributed by atoms with E-state index in [2.05, 4.69) is 0 Å². The lowest BCUT2D eigenvalue weighted by Gasteiger charge is -2.28. The van der Waals surface area contributed by atoms with Crippen molar-refractivity contribution in [3.63, 3.8) is 0 Å². The first kappa shape index (κ1) is 20.0. The lowest BCUT2D eigenvalue weighted by Crippen LogP contribution is -2.39. The van der Waals surface area contributed by atoms with Gasteiger partial charge in [0.15, 0.2) is 0 Å². The smallest absolute Gasteiger partial charge is 0.310 e. The molecule has 0 aliphatic carbocycles. The summed E-state index contributed by atoms with van der Waals surface area (Å²) >= 11 is 1.53. The largest absolute Gasteiger partial charge is 0.469 e. The van der Waals surface area contributed by atoms with Gasteiger partial charge in [-0.1, -0.05) is 55.5 Å². The standard InChI is InChI=1S/C21H25NO3S/c1-4-22(15-16(2)21(24)25-3)20(23)19(17-11-7-5-8-12-17)26-18-13-9-6-10-14-18/h5-14,16,19H,4,15H2,1-3H3. The highest BCUT2D eigenvalue weighted by Crippen LogP contribution is 2.36. The zero-order valence-corrected chi connectivity index (χ0v) is 16.2. The monoisotopic (exact) mass is 371 g/mol. The third-order valence-electron chi connectivity index (χ3n) is 4.11. The Balaban J connectivity index is 2.25. The van der Waals surface area contributed by atoms with Crippen LogP contribution in [-0.4, -0.2) is 37.0 Å².